The number of ether oxygens (including phenoxy) is 1. The van der Waals surface area contributed by atoms with E-state index in [1.54, 1.807) is 0 Å². The summed E-state index contributed by atoms with van der Waals surface area (Å²) >= 11 is 0. The Morgan fingerprint density at radius 3 is 2.42 bits per heavy atom. The highest BCUT2D eigenvalue weighted by molar-refractivity contribution is 7.86. The summed E-state index contributed by atoms with van der Waals surface area (Å²) in [5.74, 6) is -1.03. The Morgan fingerprint density at radius 2 is 1.83 bits per heavy atom. The van der Waals surface area contributed by atoms with E-state index in [9.17, 15) is 26.6 Å². The van der Waals surface area contributed by atoms with E-state index < -0.39 is 29.1 Å². The van der Waals surface area contributed by atoms with Crippen molar-refractivity contribution in [1.29, 1.82) is 0 Å². The van der Waals surface area contributed by atoms with Crippen LogP contribution in [-0.2, 0) is 10.8 Å². The van der Waals surface area contributed by atoms with Gasteiger partial charge in [-0.3, -0.25) is 9.00 Å². The molecule has 2 saturated heterocycles. The molecule has 0 radical (unpaired) electrons. The number of alkyl halides is 4. The van der Waals surface area contributed by atoms with Crippen LogP contribution in [0.15, 0.2) is 24.3 Å². The molecule has 2 fully saturated rings. The first kappa shape index (κ1) is 17.4. The van der Waals surface area contributed by atoms with Gasteiger partial charge in [0.2, 0.25) is 0 Å². The highest BCUT2D eigenvalue weighted by Crippen LogP contribution is 2.40. The molecule has 2 atom stereocenters. The zero-order valence-electron chi connectivity index (χ0n) is 12.6. The van der Waals surface area contributed by atoms with E-state index in [-0.39, 0.29) is 27.8 Å². The minimum absolute atomic E-state index is 0.0142. The van der Waals surface area contributed by atoms with E-state index in [0.717, 1.165) is 25.0 Å². The van der Waals surface area contributed by atoms with Crippen LogP contribution in [0.3, 0.4) is 0 Å². The number of Topliss-reactive ketones (excluding diaryl/α,β-unsaturated/α-hetero) is 1. The second-order valence-corrected chi connectivity index (χ2v) is 8.17. The Labute approximate surface area is 138 Å². The summed E-state index contributed by atoms with van der Waals surface area (Å²) in [6.45, 7) is 0. The summed E-state index contributed by atoms with van der Waals surface area (Å²) in [5.41, 5.74) is 0.148. The van der Waals surface area contributed by atoms with Crippen molar-refractivity contribution >= 4 is 16.6 Å². The van der Waals surface area contributed by atoms with Crippen molar-refractivity contribution < 1.29 is 31.3 Å². The molecule has 2 aliphatic rings. The topological polar surface area (TPSA) is 43.4 Å². The Hall–Kier alpha value is -1.44. The normalized spacial score (nSPS) is 29.7. The van der Waals surface area contributed by atoms with Gasteiger partial charge in [0.1, 0.15) is 5.75 Å². The van der Waals surface area contributed by atoms with Crippen LogP contribution in [0.1, 0.15) is 36.0 Å². The maximum atomic E-state index is 13.0. The molecule has 2 aliphatic heterocycles. The van der Waals surface area contributed by atoms with Gasteiger partial charge in [0, 0.05) is 32.8 Å². The molecule has 3 nitrogen and oxygen atoms in total. The summed E-state index contributed by atoms with van der Waals surface area (Å²) in [6, 6.07) is 4.93. The fraction of sp³-hybridized carbons (Fsp3) is 0.562. The first-order chi connectivity index (χ1) is 11.3. The number of carbonyl (C=O) groups is 1. The third-order valence-corrected chi connectivity index (χ3v) is 6.73. The lowest BCUT2D eigenvalue weighted by Crippen LogP contribution is -2.33. The van der Waals surface area contributed by atoms with Crippen LogP contribution in [-0.4, -0.2) is 33.0 Å². The quantitative estimate of drug-likeness (QED) is 0.590. The maximum Gasteiger partial charge on any atom is 0.461 e. The highest BCUT2D eigenvalue weighted by Gasteiger charge is 2.45. The van der Waals surface area contributed by atoms with Crippen LogP contribution in [0.2, 0.25) is 0 Å². The Bertz CT molecular complexity index is 648. The number of hydrogen-bond donors (Lipinski definition) is 0. The van der Waals surface area contributed by atoms with Gasteiger partial charge in [0.25, 0.3) is 0 Å². The Balaban J connectivity index is 1.74. The fourth-order valence-corrected chi connectivity index (χ4v) is 5.52. The Kier molecular flexibility index (Phi) is 4.68. The van der Waals surface area contributed by atoms with Crippen molar-refractivity contribution in [2.24, 2.45) is 5.92 Å². The van der Waals surface area contributed by atoms with Crippen molar-refractivity contribution in [3.63, 3.8) is 0 Å². The van der Waals surface area contributed by atoms with Crippen molar-refractivity contribution in [2.75, 3.05) is 0 Å². The third kappa shape index (κ3) is 3.34. The van der Waals surface area contributed by atoms with Crippen molar-refractivity contribution in [2.45, 2.75) is 48.7 Å². The van der Waals surface area contributed by atoms with Crippen molar-refractivity contribution in [3.05, 3.63) is 29.8 Å². The van der Waals surface area contributed by atoms with Crippen molar-refractivity contribution in [3.8, 4) is 5.75 Å². The summed E-state index contributed by atoms with van der Waals surface area (Å²) in [4.78, 5) is 12.6. The van der Waals surface area contributed by atoms with Gasteiger partial charge in [0.05, 0.1) is 0 Å². The van der Waals surface area contributed by atoms with Crippen LogP contribution >= 0.6 is 0 Å². The van der Waals surface area contributed by atoms with Crippen LogP contribution in [0, 0.1) is 5.92 Å². The van der Waals surface area contributed by atoms with Gasteiger partial charge in [-0.05, 0) is 37.8 Å². The molecule has 0 aromatic heterocycles. The van der Waals surface area contributed by atoms with Gasteiger partial charge in [-0.1, -0.05) is 12.1 Å². The standard InChI is InChI=1S/C16H16F4O3S/c17-15(18)16(19,20)23-11-3-1-2-9(6-11)14(21)10-7-12-4-5-13(8-10)24(12)22/h1-3,6,10,12-13,15H,4-5,7-8H2. The molecule has 2 heterocycles. The molecule has 0 spiro atoms. The molecular formula is C16H16F4O3S. The second kappa shape index (κ2) is 6.46. The zero-order valence-corrected chi connectivity index (χ0v) is 13.4. The molecule has 0 aliphatic carbocycles. The molecule has 24 heavy (non-hydrogen) atoms. The van der Waals surface area contributed by atoms with Crippen LogP contribution in [0.25, 0.3) is 0 Å². The number of carbonyl (C=O) groups excluding carboxylic acids is 1. The molecule has 8 heteroatoms. The average molecular weight is 364 g/mol. The highest BCUT2D eigenvalue weighted by atomic mass is 32.2. The van der Waals surface area contributed by atoms with Crippen molar-refractivity contribution in [1.82, 2.24) is 0 Å². The van der Waals surface area contributed by atoms with Gasteiger partial charge in [-0.15, -0.1) is 0 Å². The van der Waals surface area contributed by atoms with E-state index in [1.165, 1.54) is 12.1 Å². The van der Waals surface area contributed by atoms with Gasteiger partial charge in [-0.25, -0.2) is 0 Å². The molecule has 0 saturated carbocycles. The van der Waals surface area contributed by atoms with E-state index in [1.807, 2.05) is 0 Å². The third-order valence-electron chi connectivity index (χ3n) is 4.56. The maximum absolute atomic E-state index is 13.0. The average Bonchev–Trinajstić information content (AvgIpc) is 2.75. The second-order valence-electron chi connectivity index (χ2n) is 6.17. The molecule has 2 bridgehead atoms. The van der Waals surface area contributed by atoms with E-state index in [2.05, 4.69) is 4.74 Å². The lowest BCUT2D eigenvalue weighted by Gasteiger charge is -2.26. The summed E-state index contributed by atoms with van der Waals surface area (Å²) in [7, 11) is -0.895. The number of ketones is 1. The lowest BCUT2D eigenvalue weighted by atomic mass is 9.90. The molecule has 0 N–H and O–H groups in total. The number of hydrogen-bond acceptors (Lipinski definition) is 3. The number of fused-ring (bicyclic) bond motifs is 2. The smallest absolute Gasteiger partial charge is 0.428 e. The first-order valence-corrected chi connectivity index (χ1v) is 8.94. The zero-order chi connectivity index (χ0) is 17.5. The number of halogens is 4. The molecule has 1 aromatic carbocycles. The minimum Gasteiger partial charge on any atom is -0.428 e. The molecular weight excluding hydrogens is 348 g/mol. The first-order valence-electron chi connectivity index (χ1n) is 7.66. The largest absolute Gasteiger partial charge is 0.461 e. The number of benzene rings is 1. The molecule has 132 valence electrons. The van der Waals surface area contributed by atoms with Gasteiger partial charge < -0.3 is 4.74 Å². The van der Waals surface area contributed by atoms with Crippen LogP contribution < -0.4 is 4.74 Å². The minimum atomic E-state index is -4.61. The molecule has 2 unspecified atom stereocenters. The predicted octanol–water partition coefficient (Wildman–Crippen LogP) is 3.80. The van der Waals surface area contributed by atoms with E-state index in [0.29, 0.717) is 12.8 Å². The Morgan fingerprint density at radius 1 is 1.21 bits per heavy atom. The lowest BCUT2D eigenvalue weighted by molar-refractivity contribution is -0.253. The SMILES string of the molecule is O=C(c1cccc(OC(F)(F)C(F)F)c1)C1CC2CCC(C1)S2=O. The molecule has 3 rings (SSSR count). The van der Waals surface area contributed by atoms with Gasteiger partial charge in [0.15, 0.2) is 5.78 Å². The molecule has 1 aromatic rings. The van der Waals surface area contributed by atoms with E-state index >= 15 is 0 Å². The van der Waals surface area contributed by atoms with Crippen LogP contribution in [0.5, 0.6) is 5.75 Å². The van der Waals surface area contributed by atoms with Gasteiger partial charge >= 0.3 is 12.5 Å². The van der Waals surface area contributed by atoms with Gasteiger partial charge in [-0.2, -0.15) is 17.6 Å². The fourth-order valence-electron chi connectivity index (χ4n) is 3.40. The number of rotatable bonds is 5. The summed E-state index contributed by atoms with van der Waals surface area (Å²) < 4.78 is 66.4. The summed E-state index contributed by atoms with van der Waals surface area (Å²) in [6.07, 6.45) is -5.86. The monoisotopic (exact) mass is 364 g/mol. The molecule has 0 amide bonds. The summed E-state index contributed by atoms with van der Waals surface area (Å²) in [5, 5.41) is 0.0283. The predicted molar refractivity (Wildman–Crippen MR) is 80.0 cm³/mol. The van der Waals surface area contributed by atoms with Crippen LogP contribution in [0.4, 0.5) is 17.6 Å². The van der Waals surface area contributed by atoms with E-state index in [4.69, 9.17) is 0 Å².